The molecule has 1 amide bonds. The highest BCUT2D eigenvalue weighted by Crippen LogP contribution is 2.27. The van der Waals surface area contributed by atoms with Crippen LogP contribution in [-0.4, -0.2) is 42.6 Å². The maximum Gasteiger partial charge on any atom is 0.236 e. The van der Waals surface area contributed by atoms with Gasteiger partial charge in [0, 0.05) is 6.54 Å². The molecule has 2 saturated heterocycles. The summed E-state index contributed by atoms with van der Waals surface area (Å²) in [6.07, 6.45) is 1.29. The third-order valence-electron chi connectivity index (χ3n) is 2.40. The van der Waals surface area contributed by atoms with Crippen molar-refractivity contribution in [3.8, 4) is 0 Å². The summed E-state index contributed by atoms with van der Waals surface area (Å²) in [5.41, 5.74) is 5.25. The molecule has 0 aliphatic carbocycles. The van der Waals surface area contributed by atoms with E-state index in [0.717, 1.165) is 13.0 Å². The maximum atomic E-state index is 11.1. The number of nitrogens with two attached hydrogens (primary N) is 1. The second-order valence-corrected chi connectivity index (χ2v) is 3.10. The van der Waals surface area contributed by atoms with Gasteiger partial charge in [-0.2, -0.15) is 0 Å². The molecule has 2 bridgehead atoms. The van der Waals surface area contributed by atoms with Crippen molar-refractivity contribution >= 4 is 5.91 Å². The van der Waals surface area contributed by atoms with Crippen LogP contribution in [-0.2, 0) is 9.53 Å². The van der Waals surface area contributed by atoms with E-state index in [0.29, 0.717) is 12.6 Å². The minimum absolute atomic E-state index is 0.0563. The van der Waals surface area contributed by atoms with Crippen LogP contribution in [0.15, 0.2) is 0 Å². The number of hydrogen-bond donors (Lipinski definition) is 1. The largest absolute Gasteiger partial charge is 0.374 e. The molecule has 2 heterocycles. The number of nitrogens with zero attached hydrogens (tertiary/aromatic N) is 1. The average molecular weight is 156 g/mol. The molecule has 0 unspecified atom stereocenters. The molecule has 4 nitrogen and oxygen atoms in total. The number of rotatable bonds is 1. The monoisotopic (exact) mass is 156 g/mol. The Morgan fingerprint density at radius 3 is 3.00 bits per heavy atom. The van der Waals surface area contributed by atoms with Crippen LogP contribution in [0.25, 0.3) is 0 Å². The summed E-state index contributed by atoms with van der Waals surface area (Å²) in [5, 5.41) is 0. The van der Waals surface area contributed by atoms with Crippen molar-refractivity contribution in [2.24, 2.45) is 5.73 Å². The summed E-state index contributed by atoms with van der Waals surface area (Å²) >= 11 is 0. The molecule has 2 atom stereocenters. The van der Waals surface area contributed by atoms with Crippen LogP contribution < -0.4 is 5.73 Å². The van der Waals surface area contributed by atoms with Crippen molar-refractivity contribution in [2.45, 2.75) is 18.6 Å². The predicted octanol–water partition coefficient (Wildman–Crippen LogP) is -1.06. The Labute approximate surface area is 65.3 Å². The molecule has 0 saturated carbocycles. The number of hydrogen-bond acceptors (Lipinski definition) is 3. The Morgan fingerprint density at radius 2 is 2.55 bits per heavy atom. The first-order valence-corrected chi connectivity index (χ1v) is 3.92. The second-order valence-electron chi connectivity index (χ2n) is 3.10. The molecule has 4 heteroatoms. The minimum Gasteiger partial charge on any atom is -0.374 e. The number of likely N-dealkylation sites (tertiary alicyclic amines) is 1. The molecule has 0 radical (unpaired) electrons. The zero-order valence-corrected chi connectivity index (χ0v) is 6.32. The Hall–Kier alpha value is -0.610. The number of carbonyl (C=O) groups excluding carboxylic acids is 1. The van der Waals surface area contributed by atoms with E-state index in [1.165, 1.54) is 0 Å². The molecule has 0 aromatic rings. The van der Waals surface area contributed by atoms with Crippen molar-refractivity contribution in [1.29, 1.82) is 0 Å². The lowest BCUT2D eigenvalue weighted by atomic mass is 10.2. The first kappa shape index (κ1) is 7.06. The summed E-state index contributed by atoms with van der Waals surface area (Å²) < 4.78 is 5.34. The van der Waals surface area contributed by atoms with Crippen molar-refractivity contribution < 1.29 is 9.53 Å². The molecule has 0 aromatic carbocycles. The van der Waals surface area contributed by atoms with Crippen LogP contribution in [0, 0.1) is 0 Å². The molecular weight excluding hydrogens is 144 g/mol. The third kappa shape index (κ3) is 1.02. The molecule has 0 aromatic heterocycles. The van der Waals surface area contributed by atoms with Crippen molar-refractivity contribution in [3.05, 3.63) is 0 Å². The zero-order valence-electron chi connectivity index (χ0n) is 6.32. The summed E-state index contributed by atoms with van der Waals surface area (Å²) in [5.74, 6) is 0.0563. The van der Waals surface area contributed by atoms with E-state index in [1.54, 1.807) is 0 Å². The first-order valence-electron chi connectivity index (χ1n) is 3.92. The highest BCUT2D eigenvalue weighted by Gasteiger charge is 2.40. The lowest BCUT2D eigenvalue weighted by Gasteiger charge is -2.26. The van der Waals surface area contributed by atoms with Gasteiger partial charge in [0.05, 0.1) is 25.3 Å². The number of fused-ring (bicyclic) bond motifs is 2. The number of ether oxygens (including phenoxy) is 1. The third-order valence-corrected chi connectivity index (χ3v) is 2.40. The molecule has 11 heavy (non-hydrogen) atoms. The van der Waals surface area contributed by atoms with Crippen molar-refractivity contribution in [3.63, 3.8) is 0 Å². The van der Waals surface area contributed by atoms with Gasteiger partial charge in [0.1, 0.15) is 0 Å². The summed E-state index contributed by atoms with van der Waals surface area (Å²) in [4.78, 5) is 13.0. The fourth-order valence-corrected chi connectivity index (χ4v) is 1.82. The van der Waals surface area contributed by atoms with Gasteiger partial charge in [0.25, 0.3) is 0 Å². The van der Waals surface area contributed by atoms with Crippen LogP contribution in [0.1, 0.15) is 6.42 Å². The van der Waals surface area contributed by atoms with Gasteiger partial charge in [-0.3, -0.25) is 4.79 Å². The lowest BCUT2D eigenvalue weighted by molar-refractivity contribution is -0.134. The van der Waals surface area contributed by atoms with Gasteiger partial charge in [0.15, 0.2) is 0 Å². The van der Waals surface area contributed by atoms with Crippen LogP contribution in [0.3, 0.4) is 0 Å². The molecule has 2 aliphatic heterocycles. The highest BCUT2D eigenvalue weighted by molar-refractivity contribution is 5.78. The fourth-order valence-electron chi connectivity index (χ4n) is 1.82. The SMILES string of the molecule is NCC(=O)N1C[C@@H]2C[C@H]1CO2. The standard InChI is InChI=1S/C7H12N2O2/c8-2-7(10)9-3-6-1-5(9)4-11-6/h5-6H,1-4,8H2/t5-,6-/m0/s1. The Bertz CT molecular complexity index is 183. The van der Waals surface area contributed by atoms with Gasteiger partial charge in [0.2, 0.25) is 5.91 Å². The maximum absolute atomic E-state index is 11.1. The van der Waals surface area contributed by atoms with E-state index in [9.17, 15) is 4.79 Å². The van der Waals surface area contributed by atoms with E-state index in [2.05, 4.69) is 0 Å². The van der Waals surface area contributed by atoms with Crippen LogP contribution in [0.5, 0.6) is 0 Å². The average Bonchev–Trinajstić information content (AvgIpc) is 2.62. The van der Waals surface area contributed by atoms with Gasteiger partial charge in [-0.05, 0) is 6.42 Å². The van der Waals surface area contributed by atoms with E-state index >= 15 is 0 Å². The molecule has 2 rings (SSSR count). The van der Waals surface area contributed by atoms with E-state index < -0.39 is 0 Å². The van der Waals surface area contributed by atoms with E-state index in [1.807, 2.05) is 4.90 Å². The Balaban J connectivity index is 2.02. The van der Waals surface area contributed by atoms with Gasteiger partial charge >= 0.3 is 0 Å². The Kier molecular flexibility index (Phi) is 1.58. The van der Waals surface area contributed by atoms with Gasteiger partial charge in [-0.25, -0.2) is 0 Å². The van der Waals surface area contributed by atoms with Crippen molar-refractivity contribution in [1.82, 2.24) is 4.90 Å². The predicted molar refractivity (Wildman–Crippen MR) is 38.9 cm³/mol. The smallest absolute Gasteiger partial charge is 0.236 e. The minimum atomic E-state index is 0.0563. The van der Waals surface area contributed by atoms with Crippen LogP contribution >= 0.6 is 0 Å². The molecule has 62 valence electrons. The van der Waals surface area contributed by atoms with Crippen LogP contribution in [0.2, 0.25) is 0 Å². The molecule has 0 spiro atoms. The van der Waals surface area contributed by atoms with Crippen LogP contribution in [0.4, 0.5) is 0 Å². The van der Waals surface area contributed by atoms with Gasteiger partial charge in [-0.1, -0.05) is 0 Å². The number of amides is 1. The summed E-state index contributed by atoms with van der Waals surface area (Å²) in [6.45, 7) is 1.58. The summed E-state index contributed by atoms with van der Waals surface area (Å²) in [6, 6.07) is 0.316. The van der Waals surface area contributed by atoms with E-state index in [4.69, 9.17) is 10.5 Å². The molecule has 2 N–H and O–H groups in total. The molecular formula is C7H12N2O2. The van der Waals surface area contributed by atoms with Crippen molar-refractivity contribution in [2.75, 3.05) is 19.7 Å². The topological polar surface area (TPSA) is 55.6 Å². The first-order chi connectivity index (χ1) is 5.31. The number of morpholine rings is 1. The highest BCUT2D eigenvalue weighted by atomic mass is 16.5. The molecule has 2 aliphatic rings. The molecule has 2 fully saturated rings. The zero-order chi connectivity index (χ0) is 7.84. The normalized spacial score (nSPS) is 34.8. The number of carbonyl (C=O) groups is 1. The fraction of sp³-hybridized carbons (Fsp3) is 0.857. The second kappa shape index (κ2) is 2.46. The quantitative estimate of drug-likeness (QED) is 0.526. The van der Waals surface area contributed by atoms with E-state index in [-0.39, 0.29) is 18.6 Å². The Morgan fingerprint density at radius 1 is 1.73 bits per heavy atom. The lowest BCUT2D eigenvalue weighted by Crippen LogP contribution is -2.44. The van der Waals surface area contributed by atoms with Gasteiger partial charge < -0.3 is 15.4 Å². The summed E-state index contributed by atoms with van der Waals surface area (Å²) in [7, 11) is 0. The van der Waals surface area contributed by atoms with Gasteiger partial charge in [-0.15, -0.1) is 0 Å².